The van der Waals surface area contributed by atoms with Gasteiger partial charge in [-0.25, -0.2) is 0 Å². The molecule has 0 N–H and O–H groups in total. The van der Waals surface area contributed by atoms with Crippen LogP contribution in [0, 0.1) is 6.92 Å². The molecule has 0 bridgehead atoms. The van der Waals surface area contributed by atoms with E-state index in [4.69, 9.17) is 27.9 Å². The Morgan fingerprint density at radius 3 is 2.53 bits per heavy atom. The van der Waals surface area contributed by atoms with Crippen molar-refractivity contribution in [2.24, 2.45) is 0 Å². The maximum Gasteiger partial charge on any atom is 0.123 e. The maximum absolute atomic E-state index is 6.61. The summed E-state index contributed by atoms with van der Waals surface area (Å²) in [7, 11) is 1.64. The molecule has 0 aliphatic rings. The first-order valence-electron chi connectivity index (χ1n) is 5.76. The largest absolute Gasteiger partial charge is 0.496 e. The molecule has 0 aliphatic carbocycles. The molecule has 1 atom stereocenters. The van der Waals surface area contributed by atoms with Crippen LogP contribution < -0.4 is 4.74 Å². The van der Waals surface area contributed by atoms with Gasteiger partial charge < -0.3 is 4.74 Å². The predicted molar refractivity (Wildman–Crippen MR) is 84.6 cm³/mol. The number of benzene rings is 2. The van der Waals surface area contributed by atoms with Crippen LogP contribution in [-0.2, 0) is 0 Å². The van der Waals surface area contributed by atoms with Gasteiger partial charge in [-0.15, -0.1) is 11.6 Å². The number of hydrogen-bond donors (Lipinski definition) is 0. The number of halogens is 3. The minimum atomic E-state index is -0.300. The van der Waals surface area contributed by atoms with Crippen molar-refractivity contribution < 1.29 is 4.74 Å². The Morgan fingerprint density at radius 2 is 1.84 bits per heavy atom. The second kappa shape index (κ2) is 6.17. The van der Waals surface area contributed by atoms with Crippen LogP contribution in [0.5, 0.6) is 5.75 Å². The number of aryl methyl sites for hydroxylation is 1. The van der Waals surface area contributed by atoms with Gasteiger partial charge in [-0.1, -0.05) is 33.6 Å². The van der Waals surface area contributed by atoms with Crippen LogP contribution in [0.4, 0.5) is 0 Å². The highest BCUT2D eigenvalue weighted by Gasteiger charge is 2.18. The van der Waals surface area contributed by atoms with Crippen molar-refractivity contribution in [2.45, 2.75) is 12.3 Å². The van der Waals surface area contributed by atoms with Crippen LogP contribution in [0.15, 0.2) is 40.9 Å². The van der Waals surface area contributed by atoms with Crippen molar-refractivity contribution in [3.8, 4) is 5.75 Å². The third-order valence-electron chi connectivity index (χ3n) is 2.98. The highest BCUT2D eigenvalue weighted by Crippen LogP contribution is 2.38. The van der Waals surface area contributed by atoms with E-state index < -0.39 is 0 Å². The average Bonchev–Trinajstić information content (AvgIpc) is 2.40. The van der Waals surface area contributed by atoms with E-state index in [2.05, 4.69) is 15.9 Å². The van der Waals surface area contributed by atoms with E-state index in [1.54, 1.807) is 7.11 Å². The first kappa shape index (κ1) is 14.7. The topological polar surface area (TPSA) is 9.23 Å². The van der Waals surface area contributed by atoms with Gasteiger partial charge in [0, 0.05) is 15.1 Å². The van der Waals surface area contributed by atoms with Crippen LogP contribution >= 0.6 is 39.1 Å². The summed E-state index contributed by atoms with van der Waals surface area (Å²) in [4.78, 5) is 0. The molecule has 0 radical (unpaired) electrons. The first-order chi connectivity index (χ1) is 9.02. The Kier molecular flexibility index (Phi) is 4.77. The van der Waals surface area contributed by atoms with Gasteiger partial charge in [-0.2, -0.15) is 0 Å². The van der Waals surface area contributed by atoms with Crippen LogP contribution in [0.3, 0.4) is 0 Å². The van der Waals surface area contributed by atoms with Gasteiger partial charge in [0.15, 0.2) is 0 Å². The molecule has 0 saturated heterocycles. The molecule has 1 nitrogen and oxygen atoms in total. The molecule has 19 heavy (non-hydrogen) atoms. The summed E-state index contributed by atoms with van der Waals surface area (Å²) >= 11 is 16.1. The zero-order valence-electron chi connectivity index (χ0n) is 10.6. The molecule has 2 aromatic carbocycles. The summed E-state index contributed by atoms with van der Waals surface area (Å²) in [6.45, 7) is 2.02. The number of hydrogen-bond acceptors (Lipinski definition) is 1. The standard InChI is InChI=1S/C15H13BrCl2O/c1-9-3-5-11(17)8-12(9)15(18)13-7-10(16)4-6-14(13)19-2/h3-8,15H,1-2H3. The van der Waals surface area contributed by atoms with Gasteiger partial charge in [0.2, 0.25) is 0 Å². The maximum atomic E-state index is 6.61. The van der Waals surface area contributed by atoms with E-state index >= 15 is 0 Å². The minimum absolute atomic E-state index is 0.300. The van der Waals surface area contributed by atoms with Crippen LogP contribution in [-0.4, -0.2) is 7.11 Å². The van der Waals surface area contributed by atoms with Crippen molar-refractivity contribution in [3.05, 3.63) is 62.6 Å². The second-order valence-corrected chi connectivity index (χ2v) is 6.04. The lowest BCUT2D eigenvalue weighted by molar-refractivity contribution is 0.410. The van der Waals surface area contributed by atoms with Gasteiger partial charge in [-0.05, 0) is 48.4 Å². The van der Waals surface area contributed by atoms with Gasteiger partial charge in [-0.3, -0.25) is 0 Å². The Labute approximate surface area is 131 Å². The fourth-order valence-electron chi connectivity index (χ4n) is 1.96. The predicted octanol–water partition coefficient (Wildman–Crippen LogP) is 5.75. The molecule has 0 saturated carbocycles. The third-order valence-corrected chi connectivity index (χ3v) is 4.18. The molecule has 2 rings (SSSR count). The molecule has 100 valence electrons. The van der Waals surface area contributed by atoms with Crippen molar-refractivity contribution in [1.82, 2.24) is 0 Å². The quantitative estimate of drug-likeness (QED) is 0.634. The molecular weight excluding hydrogens is 347 g/mol. The molecule has 0 amide bonds. The van der Waals surface area contributed by atoms with Crippen LogP contribution in [0.25, 0.3) is 0 Å². The van der Waals surface area contributed by atoms with Crippen molar-refractivity contribution >= 4 is 39.1 Å². The summed E-state index contributed by atoms with van der Waals surface area (Å²) in [5, 5.41) is 0.381. The van der Waals surface area contributed by atoms with E-state index in [1.165, 1.54) is 0 Å². The van der Waals surface area contributed by atoms with Gasteiger partial charge in [0.25, 0.3) is 0 Å². The Morgan fingerprint density at radius 1 is 1.11 bits per heavy atom. The molecular formula is C15H13BrCl2O. The van der Waals surface area contributed by atoms with Crippen LogP contribution in [0.1, 0.15) is 22.1 Å². The lowest BCUT2D eigenvalue weighted by Gasteiger charge is -2.17. The van der Waals surface area contributed by atoms with Crippen molar-refractivity contribution in [1.29, 1.82) is 0 Å². The highest BCUT2D eigenvalue weighted by atomic mass is 79.9. The summed E-state index contributed by atoms with van der Waals surface area (Å²) in [6, 6.07) is 11.5. The first-order valence-corrected chi connectivity index (χ1v) is 7.37. The summed E-state index contributed by atoms with van der Waals surface area (Å²) in [6.07, 6.45) is 0. The highest BCUT2D eigenvalue weighted by molar-refractivity contribution is 9.10. The number of methoxy groups -OCH3 is 1. The Bertz CT molecular complexity index is 599. The fourth-order valence-corrected chi connectivity index (χ4v) is 2.92. The zero-order chi connectivity index (χ0) is 14.0. The number of alkyl halides is 1. The van der Waals surface area contributed by atoms with E-state index in [0.29, 0.717) is 5.02 Å². The molecule has 0 aromatic heterocycles. The van der Waals surface area contributed by atoms with E-state index in [1.807, 2.05) is 43.3 Å². The minimum Gasteiger partial charge on any atom is -0.496 e. The summed E-state index contributed by atoms with van der Waals surface area (Å²) in [5.74, 6) is 0.766. The van der Waals surface area contributed by atoms with E-state index in [-0.39, 0.29) is 5.38 Å². The lowest BCUT2D eigenvalue weighted by Crippen LogP contribution is -1.99. The van der Waals surface area contributed by atoms with Gasteiger partial charge >= 0.3 is 0 Å². The number of rotatable bonds is 3. The smallest absolute Gasteiger partial charge is 0.123 e. The third kappa shape index (κ3) is 3.25. The Hall–Kier alpha value is -0.700. The lowest BCUT2D eigenvalue weighted by atomic mass is 9.99. The van der Waals surface area contributed by atoms with Crippen molar-refractivity contribution in [3.63, 3.8) is 0 Å². The summed E-state index contributed by atoms with van der Waals surface area (Å²) < 4.78 is 6.34. The normalized spacial score (nSPS) is 12.3. The Balaban J connectivity index is 2.51. The SMILES string of the molecule is COc1ccc(Br)cc1C(Cl)c1cc(Cl)ccc1C. The molecule has 2 aromatic rings. The van der Waals surface area contributed by atoms with E-state index in [0.717, 1.165) is 26.9 Å². The fraction of sp³-hybridized carbons (Fsp3) is 0.200. The number of ether oxygens (including phenoxy) is 1. The summed E-state index contributed by atoms with van der Waals surface area (Å²) in [5.41, 5.74) is 3.01. The molecule has 1 unspecified atom stereocenters. The zero-order valence-corrected chi connectivity index (χ0v) is 13.7. The van der Waals surface area contributed by atoms with Gasteiger partial charge in [0.1, 0.15) is 5.75 Å². The average molecular weight is 360 g/mol. The molecule has 0 aliphatic heterocycles. The molecule has 4 heteroatoms. The van der Waals surface area contributed by atoms with Crippen LogP contribution in [0.2, 0.25) is 5.02 Å². The van der Waals surface area contributed by atoms with E-state index in [9.17, 15) is 0 Å². The molecule has 0 spiro atoms. The second-order valence-electron chi connectivity index (χ2n) is 4.25. The van der Waals surface area contributed by atoms with Gasteiger partial charge in [0.05, 0.1) is 12.5 Å². The monoisotopic (exact) mass is 358 g/mol. The van der Waals surface area contributed by atoms with Crippen molar-refractivity contribution in [2.75, 3.05) is 7.11 Å². The molecule has 0 heterocycles. The molecule has 0 fully saturated rings.